The molecule has 2 fully saturated rings. The van der Waals surface area contributed by atoms with E-state index in [2.05, 4.69) is 20.6 Å². The largest absolute Gasteiger partial charge is 0.368 e. The molecule has 0 bridgehead atoms. The van der Waals surface area contributed by atoms with Crippen molar-refractivity contribution in [3.63, 3.8) is 0 Å². The molecule has 3 heterocycles. The SMILES string of the molecule is COC1(C(=O)N2CCN(c3nc(C)cs3)CC2)CCNCC1.Cl.Cl. The second kappa shape index (κ2) is 9.20. The topological polar surface area (TPSA) is 57.7 Å². The molecule has 0 spiro atoms. The Bertz CT molecular complexity index is 529. The van der Waals surface area contributed by atoms with Crippen LogP contribution in [0.4, 0.5) is 5.13 Å². The minimum absolute atomic E-state index is 0. The van der Waals surface area contributed by atoms with Crippen LogP contribution in [0.1, 0.15) is 18.5 Å². The van der Waals surface area contributed by atoms with Crippen LogP contribution >= 0.6 is 36.2 Å². The first kappa shape index (κ1) is 21.4. The predicted octanol–water partition coefficient (Wildman–Crippen LogP) is 1.71. The van der Waals surface area contributed by atoms with E-state index in [0.29, 0.717) is 0 Å². The van der Waals surface area contributed by atoms with Gasteiger partial charge in [-0.1, -0.05) is 0 Å². The Labute approximate surface area is 159 Å². The molecule has 0 radical (unpaired) electrons. The summed E-state index contributed by atoms with van der Waals surface area (Å²) in [6.45, 7) is 6.88. The fraction of sp³-hybridized carbons (Fsp3) is 0.733. The lowest BCUT2D eigenvalue weighted by molar-refractivity contribution is -0.158. The van der Waals surface area contributed by atoms with Gasteiger partial charge in [-0.05, 0) is 32.9 Å². The zero-order valence-corrected chi connectivity index (χ0v) is 16.6. The van der Waals surface area contributed by atoms with Crippen LogP contribution in [0.5, 0.6) is 0 Å². The standard InChI is InChI=1S/C15H24N4O2S.2ClH/c1-12-11-22-14(17-12)19-9-7-18(8-10-19)13(20)15(21-2)3-5-16-6-4-15;;/h11,16H,3-10H2,1-2H3;2*1H. The number of carbonyl (C=O) groups excluding carboxylic acids is 1. The van der Waals surface area contributed by atoms with E-state index in [1.165, 1.54) is 0 Å². The van der Waals surface area contributed by atoms with Crippen molar-refractivity contribution in [3.8, 4) is 0 Å². The van der Waals surface area contributed by atoms with Crippen LogP contribution in [0, 0.1) is 6.92 Å². The van der Waals surface area contributed by atoms with Gasteiger partial charge in [-0.3, -0.25) is 4.79 Å². The molecule has 2 aliphatic heterocycles. The van der Waals surface area contributed by atoms with Crippen LogP contribution in [-0.4, -0.2) is 67.8 Å². The summed E-state index contributed by atoms with van der Waals surface area (Å²) in [5.74, 6) is 0.159. The van der Waals surface area contributed by atoms with Crippen LogP contribution < -0.4 is 10.2 Å². The van der Waals surface area contributed by atoms with E-state index in [0.717, 1.165) is 62.9 Å². The molecule has 0 atom stereocenters. The molecule has 1 aromatic rings. The minimum Gasteiger partial charge on any atom is -0.368 e. The molecule has 0 aliphatic carbocycles. The smallest absolute Gasteiger partial charge is 0.255 e. The molecule has 24 heavy (non-hydrogen) atoms. The number of methoxy groups -OCH3 is 1. The van der Waals surface area contributed by atoms with Gasteiger partial charge in [-0.25, -0.2) is 4.98 Å². The van der Waals surface area contributed by atoms with Crippen molar-refractivity contribution in [3.05, 3.63) is 11.1 Å². The number of hydrogen-bond donors (Lipinski definition) is 1. The minimum atomic E-state index is -0.620. The third-order valence-corrected chi connectivity index (χ3v) is 5.66. The van der Waals surface area contributed by atoms with Crippen LogP contribution in [0.2, 0.25) is 0 Å². The highest BCUT2D eigenvalue weighted by Crippen LogP contribution is 2.27. The van der Waals surface area contributed by atoms with Gasteiger partial charge in [-0.15, -0.1) is 36.2 Å². The Morgan fingerprint density at radius 3 is 2.38 bits per heavy atom. The Morgan fingerprint density at radius 2 is 1.88 bits per heavy atom. The van der Waals surface area contributed by atoms with Crippen molar-refractivity contribution in [1.82, 2.24) is 15.2 Å². The van der Waals surface area contributed by atoms with Crippen LogP contribution in [-0.2, 0) is 9.53 Å². The molecule has 0 aromatic carbocycles. The molecular weight excluding hydrogens is 371 g/mol. The van der Waals surface area contributed by atoms with E-state index in [1.807, 2.05) is 11.8 Å². The first-order valence-electron chi connectivity index (χ1n) is 7.87. The van der Waals surface area contributed by atoms with Crippen molar-refractivity contribution < 1.29 is 9.53 Å². The molecule has 1 N–H and O–H groups in total. The van der Waals surface area contributed by atoms with Gasteiger partial charge in [0.25, 0.3) is 5.91 Å². The predicted molar refractivity (Wildman–Crippen MR) is 102 cm³/mol. The first-order valence-corrected chi connectivity index (χ1v) is 8.75. The van der Waals surface area contributed by atoms with Crippen molar-refractivity contribution in [1.29, 1.82) is 0 Å². The second-order valence-electron chi connectivity index (χ2n) is 6.00. The quantitative estimate of drug-likeness (QED) is 0.842. The maximum absolute atomic E-state index is 12.9. The molecule has 3 rings (SSSR count). The summed E-state index contributed by atoms with van der Waals surface area (Å²) >= 11 is 1.68. The molecule has 138 valence electrons. The normalized spacial score (nSPS) is 20.1. The lowest BCUT2D eigenvalue weighted by Gasteiger charge is -2.42. The number of piperidine rings is 1. The number of halogens is 2. The molecule has 1 aromatic heterocycles. The molecular formula is C15H26Cl2N4O2S. The average molecular weight is 397 g/mol. The second-order valence-corrected chi connectivity index (χ2v) is 6.84. The highest BCUT2D eigenvalue weighted by molar-refractivity contribution is 7.13. The van der Waals surface area contributed by atoms with Crippen molar-refractivity contribution >= 4 is 47.2 Å². The summed E-state index contributed by atoms with van der Waals surface area (Å²) < 4.78 is 5.65. The summed E-state index contributed by atoms with van der Waals surface area (Å²) in [7, 11) is 1.66. The van der Waals surface area contributed by atoms with Crippen LogP contribution in [0.25, 0.3) is 0 Å². The molecule has 9 heteroatoms. The number of anilines is 1. The fourth-order valence-corrected chi connectivity index (χ4v) is 4.07. The summed E-state index contributed by atoms with van der Waals surface area (Å²) in [5, 5.41) is 6.43. The Morgan fingerprint density at radius 1 is 1.25 bits per heavy atom. The number of aromatic nitrogens is 1. The molecule has 2 saturated heterocycles. The number of nitrogens with one attached hydrogen (secondary N) is 1. The number of rotatable bonds is 3. The average Bonchev–Trinajstić information content (AvgIpc) is 3.01. The number of ether oxygens (including phenoxy) is 1. The number of hydrogen-bond acceptors (Lipinski definition) is 6. The molecule has 1 amide bonds. The van der Waals surface area contributed by atoms with Gasteiger partial charge in [0.1, 0.15) is 5.60 Å². The van der Waals surface area contributed by atoms with Crippen molar-refractivity contribution in [2.24, 2.45) is 0 Å². The number of nitrogens with zero attached hydrogens (tertiary/aromatic N) is 3. The third kappa shape index (κ3) is 4.32. The summed E-state index contributed by atoms with van der Waals surface area (Å²) in [6, 6.07) is 0. The first-order chi connectivity index (χ1) is 10.6. The van der Waals surface area contributed by atoms with Crippen molar-refractivity contribution in [2.75, 3.05) is 51.3 Å². The molecule has 0 saturated carbocycles. The summed E-state index contributed by atoms with van der Waals surface area (Å²) in [5.41, 5.74) is 0.442. The van der Waals surface area contributed by atoms with Gasteiger partial charge in [0.2, 0.25) is 0 Å². The van der Waals surface area contributed by atoms with Gasteiger partial charge < -0.3 is 19.9 Å². The van der Waals surface area contributed by atoms with E-state index in [4.69, 9.17) is 4.74 Å². The number of aryl methyl sites for hydroxylation is 1. The van der Waals surface area contributed by atoms with Gasteiger partial charge in [0, 0.05) is 38.7 Å². The van der Waals surface area contributed by atoms with E-state index < -0.39 is 5.60 Å². The number of carbonyl (C=O) groups is 1. The van der Waals surface area contributed by atoms with Crippen molar-refractivity contribution in [2.45, 2.75) is 25.4 Å². The molecule has 0 unspecified atom stereocenters. The Balaban J connectivity index is 0.00000144. The highest BCUT2D eigenvalue weighted by Gasteiger charge is 2.43. The Hall–Kier alpha value is -0.600. The zero-order chi connectivity index (χ0) is 15.6. The number of amides is 1. The third-order valence-electron chi connectivity index (χ3n) is 4.64. The van der Waals surface area contributed by atoms with E-state index in [1.54, 1.807) is 18.4 Å². The van der Waals surface area contributed by atoms with Crippen LogP contribution in [0.15, 0.2) is 5.38 Å². The lowest BCUT2D eigenvalue weighted by atomic mass is 9.90. The summed E-state index contributed by atoms with van der Waals surface area (Å²) in [6.07, 6.45) is 1.52. The Kier molecular flexibility index (Phi) is 8.22. The van der Waals surface area contributed by atoms with Gasteiger partial charge in [-0.2, -0.15) is 0 Å². The van der Waals surface area contributed by atoms with E-state index in [9.17, 15) is 4.79 Å². The lowest BCUT2D eigenvalue weighted by Crippen LogP contribution is -2.59. The van der Waals surface area contributed by atoms with Gasteiger partial charge >= 0.3 is 0 Å². The molecule has 2 aliphatic rings. The zero-order valence-electron chi connectivity index (χ0n) is 14.1. The number of thiazole rings is 1. The van der Waals surface area contributed by atoms with E-state index >= 15 is 0 Å². The van der Waals surface area contributed by atoms with Gasteiger partial charge in [0.05, 0.1) is 5.69 Å². The maximum atomic E-state index is 12.9. The monoisotopic (exact) mass is 396 g/mol. The van der Waals surface area contributed by atoms with Crippen LogP contribution in [0.3, 0.4) is 0 Å². The fourth-order valence-electron chi connectivity index (χ4n) is 3.21. The van der Waals surface area contributed by atoms with E-state index in [-0.39, 0.29) is 30.7 Å². The van der Waals surface area contributed by atoms with Gasteiger partial charge in [0.15, 0.2) is 5.13 Å². The summed E-state index contributed by atoms with van der Waals surface area (Å²) in [4.78, 5) is 21.7. The molecule has 6 nitrogen and oxygen atoms in total. The highest BCUT2D eigenvalue weighted by atomic mass is 35.5. The maximum Gasteiger partial charge on any atom is 0.255 e. The number of piperazine rings is 1.